The largest absolute Gasteiger partial charge is 0.395 e. The third kappa shape index (κ3) is 2.85. The van der Waals surface area contributed by atoms with Crippen LogP contribution in [0.25, 0.3) is 5.82 Å². The lowest BCUT2D eigenvalue weighted by Gasteiger charge is -2.19. The van der Waals surface area contributed by atoms with Crippen LogP contribution in [0.4, 0.5) is 0 Å². The molecule has 0 aliphatic rings. The van der Waals surface area contributed by atoms with Crippen molar-refractivity contribution >= 4 is 5.91 Å². The van der Waals surface area contributed by atoms with E-state index >= 15 is 0 Å². The van der Waals surface area contributed by atoms with Gasteiger partial charge in [0, 0.05) is 30.5 Å². The molecule has 6 nitrogen and oxygen atoms in total. The highest BCUT2D eigenvalue weighted by Gasteiger charge is 2.21. The van der Waals surface area contributed by atoms with Crippen molar-refractivity contribution in [2.45, 2.75) is 27.7 Å². The Labute approximate surface area is 124 Å². The molecule has 0 radical (unpaired) electrons. The van der Waals surface area contributed by atoms with Crippen molar-refractivity contribution in [2.24, 2.45) is 0 Å². The molecule has 1 amide bonds. The smallest absolute Gasteiger partial charge is 0.255 e. The molecule has 2 heterocycles. The Hall–Kier alpha value is -2.08. The predicted octanol–water partition coefficient (Wildman–Crippen LogP) is 1.84. The van der Waals surface area contributed by atoms with Gasteiger partial charge in [-0.15, -0.1) is 0 Å². The van der Waals surface area contributed by atoms with Crippen LogP contribution in [0.1, 0.15) is 34.4 Å². The van der Waals surface area contributed by atoms with Crippen molar-refractivity contribution in [3.05, 3.63) is 34.8 Å². The van der Waals surface area contributed by atoms with E-state index in [2.05, 4.69) is 5.16 Å². The fourth-order valence-electron chi connectivity index (χ4n) is 2.48. The number of aliphatic hydroxyl groups excluding tert-OH is 1. The number of nitrogens with zero attached hydrogens (tertiary/aromatic N) is 3. The molecule has 2 aromatic heterocycles. The van der Waals surface area contributed by atoms with Crippen LogP contribution >= 0.6 is 0 Å². The second-order valence-corrected chi connectivity index (χ2v) is 5.02. The van der Waals surface area contributed by atoms with E-state index in [0.29, 0.717) is 24.5 Å². The summed E-state index contributed by atoms with van der Waals surface area (Å²) in [6.07, 6.45) is 0. The average Bonchev–Trinajstić information content (AvgIpc) is 2.99. The zero-order valence-electron chi connectivity index (χ0n) is 12.9. The molecule has 0 spiro atoms. The number of aromatic nitrogens is 2. The van der Waals surface area contributed by atoms with Crippen LogP contribution in [0.3, 0.4) is 0 Å². The van der Waals surface area contributed by atoms with Gasteiger partial charge in [-0.3, -0.25) is 9.36 Å². The summed E-state index contributed by atoms with van der Waals surface area (Å²) in [5, 5.41) is 13.1. The van der Waals surface area contributed by atoms with E-state index in [-0.39, 0.29) is 12.5 Å². The Bertz CT molecular complexity index is 643. The Morgan fingerprint density at radius 1 is 1.38 bits per heavy atom. The molecule has 0 aliphatic carbocycles. The summed E-state index contributed by atoms with van der Waals surface area (Å²) < 4.78 is 7.01. The summed E-state index contributed by atoms with van der Waals surface area (Å²) in [5.74, 6) is 1.32. The molecular weight excluding hydrogens is 270 g/mol. The predicted molar refractivity (Wildman–Crippen MR) is 78.7 cm³/mol. The minimum atomic E-state index is -0.0777. The summed E-state index contributed by atoms with van der Waals surface area (Å²) in [6, 6.07) is 3.68. The van der Waals surface area contributed by atoms with Crippen molar-refractivity contribution in [1.82, 2.24) is 14.6 Å². The number of hydrogen-bond donors (Lipinski definition) is 1. The fraction of sp³-hybridized carbons (Fsp3) is 0.467. The van der Waals surface area contributed by atoms with Crippen molar-refractivity contribution in [3.8, 4) is 5.82 Å². The zero-order chi connectivity index (χ0) is 15.6. The van der Waals surface area contributed by atoms with E-state index in [0.717, 1.165) is 17.1 Å². The molecule has 0 fully saturated rings. The van der Waals surface area contributed by atoms with Crippen LogP contribution < -0.4 is 0 Å². The van der Waals surface area contributed by atoms with E-state index in [9.17, 15) is 4.79 Å². The summed E-state index contributed by atoms with van der Waals surface area (Å²) in [4.78, 5) is 14.2. The minimum absolute atomic E-state index is 0.0409. The van der Waals surface area contributed by atoms with Crippen molar-refractivity contribution < 1.29 is 14.4 Å². The molecule has 0 aliphatic heterocycles. The van der Waals surface area contributed by atoms with Crippen LogP contribution in [0.5, 0.6) is 0 Å². The Kier molecular flexibility index (Phi) is 4.47. The Morgan fingerprint density at radius 2 is 2.10 bits per heavy atom. The number of carbonyl (C=O) groups is 1. The first-order valence-electron chi connectivity index (χ1n) is 7.02. The summed E-state index contributed by atoms with van der Waals surface area (Å²) >= 11 is 0. The van der Waals surface area contributed by atoms with Crippen molar-refractivity contribution in [3.63, 3.8) is 0 Å². The molecule has 0 saturated heterocycles. The number of likely N-dealkylation sites (N-methyl/N-ethyl adjacent to an activating group) is 1. The third-order valence-electron chi connectivity index (χ3n) is 3.55. The second kappa shape index (κ2) is 6.13. The van der Waals surface area contributed by atoms with Gasteiger partial charge < -0.3 is 14.5 Å². The molecule has 114 valence electrons. The molecule has 0 aromatic carbocycles. The van der Waals surface area contributed by atoms with Gasteiger partial charge in [-0.2, -0.15) is 0 Å². The van der Waals surface area contributed by atoms with Crippen LogP contribution in [0, 0.1) is 20.8 Å². The van der Waals surface area contributed by atoms with E-state index in [1.807, 2.05) is 44.4 Å². The van der Waals surface area contributed by atoms with E-state index in [4.69, 9.17) is 9.63 Å². The first-order chi connectivity index (χ1) is 9.99. The molecule has 0 atom stereocenters. The molecule has 0 unspecified atom stereocenters. The molecule has 0 saturated carbocycles. The third-order valence-corrected chi connectivity index (χ3v) is 3.55. The number of rotatable bonds is 5. The molecule has 21 heavy (non-hydrogen) atoms. The maximum absolute atomic E-state index is 12.5. The lowest BCUT2D eigenvalue weighted by molar-refractivity contribution is 0.0731. The van der Waals surface area contributed by atoms with E-state index < -0.39 is 0 Å². The Balaban J connectivity index is 2.41. The van der Waals surface area contributed by atoms with Crippen LogP contribution in [0.15, 0.2) is 16.7 Å². The standard InChI is InChI=1S/C15H21N3O3/c1-5-17(6-7-19)15(20)13-8-10(2)18(12(13)4)14-9-11(3)21-16-14/h8-9,19H,5-7H2,1-4H3. The van der Waals surface area contributed by atoms with Gasteiger partial charge in [0.2, 0.25) is 0 Å². The van der Waals surface area contributed by atoms with Crippen LogP contribution in [-0.4, -0.2) is 45.3 Å². The topological polar surface area (TPSA) is 71.5 Å². The van der Waals surface area contributed by atoms with Crippen LogP contribution in [-0.2, 0) is 0 Å². The monoisotopic (exact) mass is 291 g/mol. The number of aliphatic hydroxyl groups is 1. The average molecular weight is 291 g/mol. The highest BCUT2D eigenvalue weighted by atomic mass is 16.5. The van der Waals surface area contributed by atoms with Gasteiger partial charge >= 0.3 is 0 Å². The number of hydrogen-bond acceptors (Lipinski definition) is 4. The van der Waals surface area contributed by atoms with Gasteiger partial charge in [-0.05, 0) is 33.8 Å². The fourth-order valence-corrected chi connectivity index (χ4v) is 2.48. The quantitative estimate of drug-likeness (QED) is 0.912. The van der Waals surface area contributed by atoms with Crippen molar-refractivity contribution in [1.29, 1.82) is 0 Å². The first kappa shape index (κ1) is 15.3. The molecule has 6 heteroatoms. The lowest BCUT2D eigenvalue weighted by atomic mass is 10.2. The second-order valence-electron chi connectivity index (χ2n) is 5.02. The normalized spacial score (nSPS) is 10.9. The number of aryl methyl sites for hydroxylation is 2. The van der Waals surface area contributed by atoms with Crippen LogP contribution in [0.2, 0.25) is 0 Å². The van der Waals surface area contributed by atoms with Crippen molar-refractivity contribution in [2.75, 3.05) is 19.7 Å². The van der Waals surface area contributed by atoms with Gasteiger partial charge in [-0.1, -0.05) is 5.16 Å². The highest BCUT2D eigenvalue weighted by molar-refractivity contribution is 5.96. The highest BCUT2D eigenvalue weighted by Crippen LogP contribution is 2.21. The molecular formula is C15H21N3O3. The van der Waals surface area contributed by atoms with E-state index in [1.54, 1.807) is 4.90 Å². The molecule has 2 aromatic rings. The van der Waals surface area contributed by atoms with Gasteiger partial charge in [-0.25, -0.2) is 0 Å². The maximum atomic E-state index is 12.5. The first-order valence-corrected chi connectivity index (χ1v) is 7.02. The lowest BCUT2D eigenvalue weighted by Crippen LogP contribution is -2.33. The molecule has 0 bridgehead atoms. The van der Waals surface area contributed by atoms with Gasteiger partial charge in [0.05, 0.1) is 12.2 Å². The molecule has 2 rings (SSSR count). The summed E-state index contributed by atoms with van der Waals surface area (Å²) in [5.41, 5.74) is 2.37. The van der Waals surface area contributed by atoms with E-state index in [1.165, 1.54) is 0 Å². The SMILES string of the molecule is CCN(CCO)C(=O)c1cc(C)n(-c2cc(C)on2)c1C. The zero-order valence-corrected chi connectivity index (χ0v) is 12.9. The summed E-state index contributed by atoms with van der Waals surface area (Å²) in [7, 11) is 0. The Morgan fingerprint density at radius 3 is 2.62 bits per heavy atom. The number of carbonyl (C=O) groups excluding carboxylic acids is 1. The number of amides is 1. The van der Waals surface area contributed by atoms with Gasteiger partial charge in [0.15, 0.2) is 5.82 Å². The van der Waals surface area contributed by atoms with Gasteiger partial charge in [0.1, 0.15) is 5.76 Å². The minimum Gasteiger partial charge on any atom is -0.395 e. The summed E-state index contributed by atoms with van der Waals surface area (Å²) in [6.45, 7) is 8.40. The molecule has 1 N–H and O–H groups in total. The van der Waals surface area contributed by atoms with Gasteiger partial charge in [0.25, 0.3) is 5.91 Å². The maximum Gasteiger partial charge on any atom is 0.255 e.